The van der Waals surface area contributed by atoms with Crippen LogP contribution in [0.1, 0.15) is 51.2 Å². The van der Waals surface area contributed by atoms with Crippen molar-refractivity contribution in [3.8, 4) is 11.5 Å². The van der Waals surface area contributed by atoms with E-state index in [-0.39, 0.29) is 36.7 Å². The van der Waals surface area contributed by atoms with Gasteiger partial charge >= 0.3 is 0 Å². The first-order chi connectivity index (χ1) is 20.8. The lowest BCUT2D eigenvalue weighted by Crippen LogP contribution is -2.49. The number of amides is 4. The number of rotatable bonds is 2. The summed E-state index contributed by atoms with van der Waals surface area (Å²) in [7, 11) is 0. The van der Waals surface area contributed by atoms with E-state index < -0.39 is 35.6 Å². The van der Waals surface area contributed by atoms with E-state index in [2.05, 4.69) is 16.0 Å². The predicted molar refractivity (Wildman–Crippen MR) is 155 cm³/mol. The highest BCUT2D eigenvalue weighted by atomic mass is 19.1. The van der Waals surface area contributed by atoms with Crippen LogP contribution in [0.3, 0.4) is 0 Å². The van der Waals surface area contributed by atoms with E-state index in [4.69, 9.17) is 9.47 Å². The SMILES string of the molecule is C[C@H]1NC(=O)c2cc(ccc2F)CCCNC(=O)CN(C(=O)c2cccc3c2OCCO3)C[C@H](c2ccccc2)NC1=O. The molecule has 0 radical (unpaired) electrons. The monoisotopic (exact) mass is 588 g/mol. The molecule has 3 aromatic rings. The van der Waals surface area contributed by atoms with Crippen LogP contribution in [0.2, 0.25) is 0 Å². The molecule has 11 heteroatoms. The fourth-order valence-corrected chi connectivity index (χ4v) is 5.06. The first kappa shape index (κ1) is 29.6. The van der Waals surface area contributed by atoms with Gasteiger partial charge in [0, 0.05) is 13.1 Å². The largest absolute Gasteiger partial charge is 0.486 e. The number of carbonyl (C=O) groups excluding carboxylic acids is 4. The van der Waals surface area contributed by atoms with Gasteiger partial charge in [0.15, 0.2) is 11.5 Å². The molecule has 2 atom stereocenters. The summed E-state index contributed by atoms with van der Waals surface area (Å²) in [5, 5.41) is 8.33. The predicted octanol–water partition coefficient (Wildman–Crippen LogP) is 2.78. The lowest BCUT2D eigenvalue weighted by atomic mass is 10.0. The van der Waals surface area contributed by atoms with E-state index in [0.717, 1.165) is 0 Å². The molecule has 0 saturated heterocycles. The van der Waals surface area contributed by atoms with Gasteiger partial charge in [0.2, 0.25) is 11.8 Å². The number of nitrogens with zero attached hydrogens (tertiary/aromatic N) is 1. The Morgan fingerprint density at radius 1 is 0.953 bits per heavy atom. The molecule has 2 heterocycles. The number of halogens is 1. The molecule has 3 N–H and O–H groups in total. The highest BCUT2D eigenvalue weighted by Gasteiger charge is 2.30. The molecule has 224 valence electrons. The van der Waals surface area contributed by atoms with E-state index in [9.17, 15) is 23.6 Å². The van der Waals surface area contributed by atoms with Crippen molar-refractivity contribution in [2.24, 2.45) is 0 Å². The summed E-state index contributed by atoms with van der Waals surface area (Å²) in [5.74, 6) is -2.09. The summed E-state index contributed by atoms with van der Waals surface area (Å²) >= 11 is 0. The Morgan fingerprint density at radius 3 is 2.56 bits per heavy atom. The first-order valence-electron chi connectivity index (χ1n) is 14.2. The van der Waals surface area contributed by atoms with Crippen LogP contribution in [0.5, 0.6) is 11.5 Å². The number of para-hydroxylation sites is 1. The Hall–Kier alpha value is -4.93. The van der Waals surface area contributed by atoms with Crippen LogP contribution in [-0.2, 0) is 16.0 Å². The Balaban J connectivity index is 1.48. The van der Waals surface area contributed by atoms with Gasteiger partial charge in [0.25, 0.3) is 11.8 Å². The van der Waals surface area contributed by atoms with Crippen molar-refractivity contribution in [1.29, 1.82) is 0 Å². The van der Waals surface area contributed by atoms with Crippen molar-refractivity contribution < 1.29 is 33.0 Å². The third-order valence-corrected chi connectivity index (χ3v) is 7.32. The zero-order chi connectivity index (χ0) is 30.3. The van der Waals surface area contributed by atoms with Gasteiger partial charge in [-0.25, -0.2) is 4.39 Å². The molecule has 2 aliphatic rings. The van der Waals surface area contributed by atoms with Crippen LogP contribution in [0.15, 0.2) is 66.7 Å². The zero-order valence-corrected chi connectivity index (χ0v) is 23.7. The van der Waals surface area contributed by atoms with Gasteiger partial charge in [0.05, 0.1) is 23.7 Å². The van der Waals surface area contributed by atoms with E-state index >= 15 is 0 Å². The number of aryl methyl sites for hydroxylation is 1. The van der Waals surface area contributed by atoms with Crippen LogP contribution < -0.4 is 25.4 Å². The first-order valence-corrected chi connectivity index (χ1v) is 14.2. The van der Waals surface area contributed by atoms with Gasteiger partial charge in [-0.3, -0.25) is 19.2 Å². The van der Waals surface area contributed by atoms with Gasteiger partial charge < -0.3 is 30.3 Å². The van der Waals surface area contributed by atoms with Crippen molar-refractivity contribution in [2.75, 3.05) is 32.8 Å². The highest BCUT2D eigenvalue weighted by Crippen LogP contribution is 2.34. The normalized spacial score (nSPS) is 19.9. The van der Waals surface area contributed by atoms with Crippen LogP contribution >= 0.6 is 0 Å². The summed E-state index contributed by atoms with van der Waals surface area (Å²) in [5.41, 5.74) is 1.45. The number of fused-ring (bicyclic) bond motifs is 3. The van der Waals surface area contributed by atoms with Crippen LogP contribution in [-0.4, -0.2) is 67.4 Å². The zero-order valence-electron chi connectivity index (χ0n) is 23.7. The fraction of sp³-hybridized carbons (Fsp3) is 0.312. The smallest absolute Gasteiger partial charge is 0.258 e. The van der Waals surface area contributed by atoms with E-state index in [0.29, 0.717) is 48.6 Å². The maximum absolute atomic E-state index is 14.6. The number of carbonyl (C=O) groups is 4. The van der Waals surface area contributed by atoms with Crippen molar-refractivity contribution in [2.45, 2.75) is 31.8 Å². The van der Waals surface area contributed by atoms with E-state index in [1.165, 1.54) is 24.0 Å². The molecule has 0 unspecified atom stereocenters. The minimum Gasteiger partial charge on any atom is -0.486 e. The van der Waals surface area contributed by atoms with Crippen LogP contribution in [0.25, 0.3) is 0 Å². The molecule has 0 spiro atoms. The van der Waals surface area contributed by atoms with Crippen LogP contribution in [0.4, 0.5) is 4.39 Å². The van der Waals surface area contributed by atoms with Gasteiger partial charge in [-0.2, -0.15) is 0 Å². The molecule has 10 nitrogen and oxygen atoms in total. The maximum atomic E-state index is 14.6. The Labute approximate surface area is 248 Å². The van der Waals surface area contributed by atoms with Crippen LogP contribution in [0, 0.1) is 5.82 Å². The number of benzene rings is 3. The second-order valence-electron chi connectivity index (χ2n) is 10.5. The maximum Gasteiger partial charge on any atom is 0.258 e. The third kappa shape index (κ3) is 7.11. The molecule has 0 aromatic heterocycles. The van der Waals surface area contributed by atoms with Gasteiger partial charge in [-0.15, -0.1) is 0 Å². The topological polar surface area (TPSA) is 126 Å². The van der Waals surface area contributed by atoms with Crippen molar-refractivity contribution in [1.82, 2.24) is 20.9 Å². The van der Waals surface area contributed by atoms with E-state index in [1.54, 1.807) is 48.5 Å². The Kier molecular flexibility index (Phi) is 9.19. The summed E-state index contributed by atoms with van der Waals surface area (Å²) in [6, 6.07) is 16.5. The summed E-state index contributed by atoms with van der Waals surface area (Å²) in [6.07, 6.45) is 0.996. The molecule has 43 heavy (non-hydrogen) atoms. The minimum absolute atomic E-state index is 0.0669. The number of nitrogens with one attached hydrogen (secondary N) is 3. The van der Waals surface area contributed by atoms with Gasteiger partial charge in [-0.1, -0.05) is 42.5 Å². The summed E-state index contributed by atoms with van der Waals surface area (Å²) in [4.78, 5) is 54.8. The molecule has 2 aliphatic heterocycles. The molecule has 2 bridgehead atoms. The minimum atomic E-state index is -1.03. The van der Waals surface area contributed by atoms with Gasteiger partial charge in [0.1, 0.15) is 25.1 Å². The quantitative estimate of drug-likeness (QED) is 0.423. The highest BCUT2D eigenvalue weighted by molar-refractivity contribution is 6.00. The average Bonchev–Trinajstić information content (AvgIpc) is 3.02. The lowest BCUT2D eigenvalue weighted by molar-refractivity contribution is -0.123. The number of hydrogen-bond donors (Lipinski definition) is 3. The van der Waals surface area contributed by atoms with Gasteiger partial charge in [-0.05, 0) is 55.2 Å². The fourth-order valence-electron chi connectivity index (χ4n) is 5.06. The van der Waals surface area contributed by atoms with Crippen molar-refractivity contribution in [3.63, 3.8) is 0 Å². The molecular formula is C32H33FN4O6. The van der Waals surface area contributed by atoms with E-state index in [1.807, 2.05) is 6.07 Å². The Morgan fingerprint density at radius 2 is 1.74 bits per heavy atom. The second kappa shape index (κ2) is 13.4. The molecule has 5 rings (SSSR count). The lowest BCUT2D eigenvalue weighted by Gasteiger charge is -2.30. The number of ether oxygens (including phenoxy) is 2. The summed E-state index contributed by atoms with van der Waals surface area (Å²) < 4.78 is 26.0. The third-order valence-electron chi connectivity index (χ3n) is 7.32. The number of hydrogen-bond acceptors (Lipinski definition) is 6. The molecule has 0 saturated carbocycles. The molecule has 4 amide bonds. The molecule has 3 aromatic carbocycles. The molecule has 0 fully saturated rings. The standard InChI is InChI=1S/C32H33FN4O6/c1-20-30(39)36-26(22-8-3-2-4-9-22)18-37(32(41)23-10-5-11-27-29(23)43-16-15-42-27)19-28(38)34-14-6-7-21-12-13-25(33)24(17-21)31(40)35-20/h2-5,8-13,17,20,26H,6-7,14-16,18-19H2,1H3,(H,34,38)(H,35,40)(H,36,39)/t20-,26-/m1/s1. The summed E-state index contributed by atoms with van der Waals surface area (Å²) in [6.45, 7) is 2.07. The van der Waals surface area contributed by atoms with Crippen molar-refractivity contribution in [3.05, 3.63) is 94.8 Å². The van der Waals surface area contributed by atoms with Crippen molar-refractivity contribution >= 4 is 23.6 Å². The Bertz CT molecular complexity index is 1510. The average molecular weight is 589 g/mol. The molecule has 0 aliphatic carbocycles. The molecular weight excluding hydrogens is 555 g/mol. The second-order valence-corrected chi connectivity index (χ2v) is 10.5.